The molecule has 2 heterocycles. The van der Waals surface area contributed by atoms with Crippen LogP contribution >= 0.6 is 12.2 Å². The summed E-state index contributed by atoms with van der Waals surface area (Å²) in [5.41, 5.74) is 2.33. The highest BCUT2D eigenvalue weighted by Gasteiger charge is 2.21. The molecule has 3 rings (SSSR count). The van der Waals surface area contributed by atoms with E-state index in [9.17, 15) is 4.79 Å². The highest BCUT2D eigenvalue weighted by atomic mass is 32.1. The molecule has 0 aliphatic heterocycles. The molecule has 0 aliphatic carbocycles. The van der Waals surface area contributed by atoms with Crippen molar-refractivity contribution in [3.8, 4) is 0 Å². The molecule has 0 saturated carbocycles. The summed E-state index contributed by atoms with van der Waals surface area (Å²) in [5, 5.41) is 3.06. The number of hydrogen-bond donors (Lipinski definition) is 3. The first-order chi connectivity index (χ1) is 11.5. The van der Waals surface area contributed by atoms with Crippen LogP contribution in [0.1, 0.15) is 42.5 Å². The summed E-state index contributed by atoms with van der Waals surface area (Å²) in [7, 11) is 0. The van der Waals surface area contributed by atoms with Crippen molar-refractivity contribution in [2.75, 3.05) is 0 Å². The van der Waals surface area contributed by atoms with Gasteiger partial charge in [-0.25, -0.2) is 4.98 Å². The monoisotopic (exact) mass is 340 g/mol. The van der Waals surface area contributed by atoms with Crippen LogP contribution in [0.3, 0.4) is 0 Å². The van der Waals surface area contributed by atoms with Gasteiger partial charge in [0.25, 0.3) is 5.91 Å². The lowest BCUT2D eigenvalue weighted by Gasteiger charge is -2.18. The van der Waals surface area contributed by atoms with Gasteiger partial charge in [0, 0.05) is 6.20 Å². The van der Waals surface area contributed by atoms with Crippen LogP contribution in [0.5, 0.6) is 0 Å². The number of pyridine rings is 1. The molecule has 0 unspecified atom stereocenters. The van der Waals surface area contributed by atoms with Gasteiger partial charge >= 0.3 is 0 Å². The van der Waals surface area contributed by atoms with Crippen molar-refractivity contribution in [3.63, 3.8) is 0 Å². The maximum Gasteiger partial charge on any atom is 0.254 e. The van der Waals surface area contributed by atoms with Gasteiger partial charge in [0.1, 0.15) is 10.5 Å². The van der Waals surface area contributed by atoms with Crippen LogP contribution in [0, 0.1) is 10.6 Å². The minimum absolute atomic E-state index is 0.192. The molecular weight excluding hydrogens is 320 g/mol. The zero-order valence-electron chi connectivity index (χ0n) is 13.7. The molecule has 6 heteroatoms. The molecule has 2 aromatic heterocycles. The second-order valence-electron chi connectivity index (χ2n) is 6.21. The molecule has 0 aliphatic rings. The van der Waals surface area contributed by atoms with Crippen LogP contribution in [0.2, 0.25) is 0 Å². The molecular formula is C18H20N4OS. The van der Waals surface area contributed by atoms with E-state index in [0.29, 0.717) is 16.1 Å². The topological polar surface area (TPSA) is 73.6 Å². The fourth-order valence-electron chi connectivity index (χ4n) is 2.68. The third kappa shape index (κ3) is 3.54. The summed E-state index contributed by atoms with van der Waals surface area (Å²) in [6, 6.07) is 11.1. The number of rotatable bonds is 5. The van der Waals surface area contributed by atoms with Gasteiger partial charge in [-0.05, 0) is 36.6 Å². The molecule has 1 atom stereocenters. The number of amides is 1. The van der Waals surface area contributed by atoms with E-state index < -0.39 is 0 Å². The molecule has 3 aromatic rings. The molecule has 5 nitrogen and oxygen atoms in total. The van der Waals surface area contributed by atoms with Crippen LogP contribution in [0.25, 0.3) is 11.0 Å². The molecule has 1 aromatic carbocycles. The molecule has 124 valence electrons. The van der Waals surface area contributed by atoms with Crippen molar-refractivity contribution in [3.05, 3.63) is 58.6 Å². The van der Waals surface area contributed by atoms with E-state index in [-0.39, 0.29) is 11.9 Å². The number of nitrogens with one attached hydrogen (secondary N) is 3. The van der Waals surface area contributed by atoms with Gasteiger partial charge in [0.2, 0.25) is 0 Å². The van der Waals surface area contributed by atoms with Gasteiger partial charge in [0.15, 0.2) is 0 Å². The predicted molar refractivity (Wildman–Crippen MR) is 97.4 cm³/mol. The minimum atomic E-state index is -0.195. The average molecular weight is 340 g/mol. The van der Waals surface area contributed by atoms with E-state index in [1.54, 1.807) is 18.3 Å². The van der Waals surface area contributed by atoms with Gasteiger partial charge in [-0.3, -0.25) is 4.79 Å². The zero-order valence-corrected chi connectivity index (χ0v) is 14.5. The fourth-order valence-corrected chi connectivity index (χ4v) is 2.91. The maximum absolute atomic E-state index is 12.6. The molecule has 24 heavy (non-hydrogen) atoms. The molecule has 0 saturated heterocycles. The van der Waals surface area contributed by atoms with Crippen molar-refractivity contribution in [2.24, 2.45) is 5.92 Å². The van der Waals surface area contributed by atoms with E-state index >= 15 is 0 Å². The highest BCUT2D eigenvalue weighted by molar-refractivity contribution is 7.71. The third-order valence-electron chi connectivity index (χ3n) is 3.81. The normalized spacial score (nSPS) is 12.5. The lowest BCUT2D eigenvalue weighted by molar-refractivity contribution is 0.0929. The van der Waals surface area contributed by atoms with E-state index in [1.165, 1.54) is 0 Å². The first-order valence-electron chi connectivity index (χ1n) is 7.98. The highest BCUT2D eigenvalue weighted by Crippen LogP contribution is 2.22. The third-order valence-corrected chi connectivity index (χ3v) is 4.15. The van der Waals surface area contributed by atoms with Crippen LogP contribution in [0.4, 0.5) is 0 Å². The Bertz CT molecular complexity index is 879. The lowest BCUT2D eigenvalue weighted by atomic mass is 10.0. The fraction of sp³-hybridized carbons (Fsp3) is 0.278. The molecule has 0 fully saturated rings. The van der Waals surface area contributed by atoms with Crippen LogP contribution in [0.15, 0.2) is 42.6 Å². The first-order valence-corrected chi connectivity index (χ1v) is 8.38. The number of carbonyl (C=O) groups excluding carboxylic acids is 1. The minimum Gasteiger partial charge on any atom is -0.352 e. The largest absolute Gasteiger partial charge is 0.352 e. The van der Waals surface area contributed by atoms with Crippen molar-refractivity contribution >= 4 is 29.2 Å². The Labute approximate surface area is 145 Å². The molecule has 3 N–H and O–H groups in total. The number of aromatic nitrogens is 3. The van der Waals surface area contributed by atoms with Gasteiger partial charge in [-0.15, -0.1) is 0 Å². The van der Waals surface area contributed by atoms with E-state index in [2.05, 4.69) is 34.1 Å². The van der Waals surface area contributed by atoms with E-state index in [0.717, 1.165) is 23.3 Å². The van der Waals surface area contributed by atoms with Crippen LogP contribution < -0.4 is 5.32 Å². The standard InChI is InChI=1S/C18H20N4OS/c1-11(2)10-15(16-20-13-7-3-4-8-14(13)21-16)22-17(23)12-6-5-9-19-18(12)24/h3-9,11,15H,10H2,1-2H3,(H,19,24)(H,20,21)(H,22,23)/t15-/m1/s1. The number of H-pyrrole nitrogens is 2. The van der Waals surface area contributed by atoms with Gasteiger partial charge in [-0.1, -0.05) is 38.2 Å². The van der Waals surface area contributed by atoms with Gasteiger partial charge in [-0.2, -0.15) is 0 Å². The second-order valence-corrected chi connectivity index (χ2v) is 6.62. The van der Waals surface area contributed by atoms with E-state index in [1.807, 2.05) is 24.3 Å². The van der Waals surface area contributed by atoms with Crippen molar-refractivity contribution < 1.29 is 4.79 Å². The zero-order chi connectivity index (χ0) is 17.1. The van der Waals surface area contributed by atoms with Crippen molar-refractivity contribution in [1.29, 1.82) is 0 Å². The number of carbonyl (C=O) groups is 1. The Morgan fingerprint density at radius 1 is 1.25 bits per heavy atom. The number of hydrogen-bond acceptors (Lipinski definition) is 3. The average Bonchev–Trinajstić information content (AvgIpc) is 2.98. The Morgan fingerprint density at radius 3 is 2.75 bits per heavy atom. The number of para-hydroxylation sites is 2. The number of fused-ring (bicyclic) bond motifs is 1. The summed E-state index contributed by atoms with van der Waals surface area (Å²) in [4.78, 5) is 23.4. The number of benzene rings is 1. The van der Waals surface area contributed by atoms with E-state index in [4.69, 9.17) is 12.2 Å². The summed E-state index contributed by atoms with van der Waals surface area (Å²) >= 11 is 5.20. The SMILES string of the molecule is CC(C)C[C@@H](NC(=O)c1ccc[nH]c1=S)c1nc2ccccc2[nH]1. The molecule has 0 spiro atoms. The first kappa shape index (κ1) is 16.4. The maximum atomic E-state index is 12.6. The number of imidazole rings is 1. The van der Waals surface area contributed by atoms with Gasteiger partial charge < -0.3 is 15.3 Å². The Balaban J connectivity index is 1.90. The predicted octanol–water partition coefficient (Wildman–Crippen LogP) is 4.14. The molecule has 0 bridgehead atoms. The van der Waals surface area contributed by atoms with Crippen LogP contribution in [-0.2, 0) is 0 Å². The number of nitrogens with zero attached hydrogens (tertiary/aromatic N) is 1. The van der Waals surface area contributed by atoms with Gasteiger partial charge in [0.05, 0.1) is 22.6 Å². The smallest absolute Gasteiger partial charge is 0.254 e. The van der Waals surface area contributed by atoms with Crippen molar-refractivity contribution in [1.82, 2.24) is 20.3 Å². The Hall–Kier alpha value is -2.47. The Morgan fingerprint density at radius 2 is 2.04 bits per heavy atom. The summed E-state index contributed by atoms with van der Waals surface area (Å²) < 4.78 is 0.433. The Kier molecular flexibility index (Phi) is 4.76. The van der Waals surface area contributed by atoms with Crippen molar-refractivity contribution in [2.45, 2.75) is 26.3 Å². The molecule has 1 amide bonds. The second kappa shape index (κ2) is 6.97. The lowest BCUT2D eigenvalue weighted by Crippen LogP contribution is -2.30. The number of aromatic amines is 2. The molecule has 0 radical (unpaired) electrons. The summed E-state index contributed by atoms with van der Waals surface area (Å²) in [5.74, 6) is 0.987. The quantitative estimate of drug-likeness (QED) is 0.611. The summed E-state index contributed by atoms with van der Waals surface area (Å²) in [6.07, 6.45) is 2.50. The van der Waals surface area contributed by atoms with Crippen LogP contribution in [-0.4, -0.2) is 20.9 Å². The summed E-state index contributed by atoms with van der Waals surface area (Å²) in [6.45, 7) is 4.24.